The lowest BCUT2D eigenvalue weighted by molar-refractivity contribution is 0.142. The molecule has 5 heteroatoms. The molecule has 0 saturated carbocycles. The van der Waals surface area contributed by atoms with Crippen LogP contribution in [0.2, 0.25) is 10.0 Å². The summed E-state index contributed by atoms with van der Waals surface area (Å²) in [5.74, 6) is 0.797. The third-order valence-electron chi connectivity index (χ3n) is 3.23. The predicted molar refractivity (Wildman–Crippen MR) is 77.2 cm³/mol. The summed E-state index contributed by atoms with van der Waals surface area (Å²) in [6.07, 6.45) is 6.71. The van der Waals surface area contributed by atoms with E-state index in [0.717, 1.165) is 18.6 Å². The largest absolute Gasteiger partial charge is 0.490 e. The first-order chi connectivity index (χ1) is 8.20. The average molecular weight is 307 g/mol. The first-order valence-corrected chi connectivity index (χ1v) is 6.52. The fourth-order valence-electron chi connectivity index (χ4n) is 2.45. The van der Waals surface area contributed by atoms with E-state index in [2.05, 4.69) is 17.5 Å². The maximum atomic E-state index is 5.96. The van der Waals surface area contributed by atoms with Gasteiger partial charge in [0.05, 0.1) is 10.0 Å². The van der Waals surface area contributed by atoms with Gasteiger partial charge in [0.25, 0.3) is 0 Å². The maximum Gasteiger partial charge on any atom is 0.121 e. The molecule has 0 amide bonds. The van der Waals surface area contributed by atoms with Crippen molar-refractivity contribution in [3.05, 3.63) is 40.4 Å². The summed E-state index contributed by atoms with van der Waals surface area (Å²) < 4.78 is 5.95. The highest BCUT2D eigenvalue weighted by molar-refractivity contribution is 6.42. The molecule has 2 bridgehead atoms. The zero-order valence-corrected chi connectivity index (χ0v) is 11.9. The molecule has 0 radical (unpaired) electrons. The molecule has 2 aliphatic rings. The van der Waals surface area contributed by atoms with Crippen LogP contribution in [0, 0.1) is 0 Å². The molecular weight excluding hydrogens is 293 g/mol. The van der Waals surface area contributed by atoms with Crippen LogP contribution in [0.1, 0.15) is 12.8 Å². The lowest BCUT2D eigenvalue weighted by Crippen LogP contribution is -2.43. The van der Waals surface area contributed by atoms with Crippen LogP contribution in [0.3, 0.4) is 0 Å². The standard InChI is InChI=1S/C13H13Cl2NO.ClH/c14-12-4-3-10(7-13(12)15)17-11-5-8-1-2-9(6-11)16-8;/h1-4,7-9,11,16H,5-6H2;1H/t8-,9+,11?;. The molecule has 3 rings (SSSR count). The van der Waals surface area contributed by atoms with E-state index in [9.17, 15) is 0 Å². The molecule has 1 aromatic carbocycles. The number of benzene rings is 1. The van der Waals surface area contributed by atoms with Crippen molar-refractivity contribution in [2.75, 3.05) is 0 Å². The van der Waals surface area contributed by atoms with Crippen molar-refractivity contribution in [1.29, 1.82) is 0 Å². The molecule has 1 saturated heterocycles. The van der Waals surface area contributed by atoms with Crippen LogP contribution in [-0.4, -0.2) is 18.2 Å². The van der Waals surface area contributed by atoms with E-state index in [1.807, 2.05) is 6.07 Å². The highest BCUT2D eigenvalue weighted by atomic mass is 35.5. The third kappa shape index (κ3) is 2.94. The lowest BCUT2D eigenvalue weighted by Gasteiger charge is -2.29. The Balaban J connectivity index is 0.00000120. The minimum Gasteiger partial charge on any atom is -0.490 e. The van der Waals surface area contributed by atoms with Crippen molar-refractivity contribution in [2.45, 2.75) is 31.0 Å². The van der Waals surface area contributed by atoms with Crippen LogP contribution in [0.5, 0.6) is 5.75 Å². The lowest BCUT2D eigenvalue weighted by atomic mass is 10.0. The minimum absolute atomic E-state index is 0. The van der Waals surface area contributed by atoms with Crippen molar-refractivity contribution >= 4 is 35.6 Å². The fourth-order valence-corrected chi connectivity index (χ4v) is 2.74. The van der Waals surface area contributed by atoms with E-state index in [4.69, 9.17) is 27.9 Å². The van der Waals surface area contributed by atoms with Crippen molar-refractivity contribution in [2.24, 2.45) is 0 Å². The van der Waals surface area contributed by atoms with E-state index in [1.54, 1.807) is 12.1 Å². The van der Waals surface area contributed by atoms with Gasteiger partial charge in [0.1, 0.15) is 11.9 Å². The van der Waals surface area contributed by atoms with Gasteiger partial charge in [0.15, 0.2) is 0 Å². The Hall–Kier alpha value is -0.410. The smallest absolute Gasteiger partial charge is 0.121 e. The fraction of sp³-hybridized carbons (Fsp3) is 0.385. The van der Waals surface area contributed by atoms with Crippen LogP contribution in [0.25, 0.3) is 0 Å². The van der Waals surface area contributed by atoms with Gasteiger partial charge < -0.3 is 10.1 Å². The number of ether oxygens (including phenoxy) is 1. The molecule has 2 heterocycles. The summed E-state index contributed by atoms with van der Waals surface area (Å²) in [7, 11) is 0. The number of nitrogens with one attached hydrogen (secondary N) is 1. The van der Waals surface area contributed by atoms with Gasteiger partial charge in [0.2, 0.25) is 0 Å². The van der Waals surface area contributed by atoms with Crippen molar-refractivity contribution < 1.29 is 4.74 Å². The van der Waals surface area contributed by atoms with Crippen LogP contribution in [0.15, 0.2) is 30.4 Å². The topological polar surface area (TPSA) is 21.3 Å². The Morgan fingerprint density at radius 2 is 1.72 bits per heavy atom. The van der Waals surface area contributed by atoms with Crippen LogP contribution < -0.4 is 10.1 Å². The second-order valence-corrected chi connectivity index (χ2v) is 5.37. The quantitative estimate of drug-likeness (QED) is 0.838. The van der Waals surface area contributed by atoms with Gasteiger partial charge in [-0.2, -0.15) is 0 Å². The molecule has 2 aliphatic heterocycles. The zero-order chi connectivity index (χ0) is 11.8. The van der Waals surface area contributed by atoms with E-state index >= 15 is 0 Å². The van der Waals surface area contributed by atoms with E-state index in [0.29, 0.717) is 22.1 Å². The van der Waals surface area contributed by atoms with Crippen molar-refractivity contribution in [3.63, 3.8) is 0 Å². The highest BCUT2D eigenvalue weighted by Gasteiger charge is 2.30. The number of hydrogen-bond acceptors (Lipinski definition) is 2. The Labute approximate surface area is 123 Å². The summed E-state index contributed by atoms with van der Waals surface area (Å²) in [5, 5.41) is 4.59. The molecule has 2 nitrogen and oxygen atoms in total. The van der Waals surface area contributed by atoms with E-state index < -0.39 is 0 Å². The van der Waals surface area contributed by atoms with Gasteiger partial charge in [-0.15, -0.1) is 12.4 Å². The van der Waals surface area contributed by atoms with Crippen molar-refractivity contribution in [1.82, 2.24) is 5.32 Å². The van der Waals surface area contributed by atoms with Crippen LogP contribution in [-0.2, 0) is 0 Å². The van der Waals surface area contributed by atoms with Gasteiger partial charge in [-0.3, -0.25) is 0 Å². The second kappa shape index (κ2) is 5.70. The van der Waals surface area contributed by atoms with E-state index in [1.165, 1.54) is 0 Å². The SMILES string of the molecule is Cl.Clc1ccc(OC2C[C@H]3C=C[C@@H](C2)N3)cc1Cl. The first-order valence-electron chi connectivity index (χ1n) is 5.77. The second-order valence-electron chi connectivity index (χ2n) is 4.55. The molecule has 0 aliphatic carbocycles. The highest BCUT2D eigenvalue weighted by Crippen LogP contribution is 2.29. The zero-order valence-electron chi connectivity index (χ0n) is 9.61. The Bertz CT molecular complexity index is 450. The molecule has 1 N–H and O–H groups in total. The number of piperidine rings is 1. The minimum atomic E-state index is 0. The van der Waals surface area contributed by atoms with Gasteiger partial charge >= 0.3 is 0 Å². The van der Waals surface area contributed by atoms with Gasteiger partial charge in [-0.05, 0) is 12.1 Å². The molecule has 1 aromatic rings. The van der Waals surface area contributed by atoms with Crippen LogP contribution >= 0.6 is 35.6 Å². The number of fused-ring (bicyclic) bond motifs is 2. The Kier molecular flexibility index (Phi) is 4.44. The maximum absolute atomic E-state index is 5.96. The number of halogens is 3. The van der Waals surface area contributed by atoms with Gasteiger partial charge in [-0.1, -0.05) is 35.4 Å². The summed E-state index contributed by atoms with van der Waals surface area (Å²) in [4.78, 5) is 0. The summed E-state index contributed by atoms with van der Waals surface area (Å²) >= 11 is 11.8. The summed E-state index contributed by atoms with van der Waals surface area (Å²) in [5.41, 5.74) is 0. The monoisotopic (exact) mass is 305 g/mol. The Morgan fingerprint density at radius 3 is 2.33 bits per heavy atom. The van der Waals surface area contributed by atoms with Crippen LogP contribution in [0.4, 0.5) is 0 Å². The average Bonchev–Trinajstić information content (AvgIpc) is 2.64. The molecule has 1 fully saturated rings. The molecule has 1 unspecified atom stereocenters. The van der Waals surface area contributed by atoms with E-state index in [-0.39, 0.29) is 18.5 Å². The first kappa shape index (κ1) is 14.0. The molecule has 0 aromatic heterocycles. The molecule has 0 spiro atoms. The third-order valence-corrected chi connectivity index (χ3v) is 3.97. The van der Waals surface area contributed by atoms with Gasteiger partial charge in [0, 0.05) is 31.0 Å². The Morgan fingerprint density at radius 1 is 1.06 bits per heavy atom. The number of rotatable bonds is 2. The molecule has 3 atom stereocenters. The molecule has 18 heavy (non-hydrogen) atoms. The number of hydrogen-bond donors (Lipinski definition) is 1. The molecular formula is C13H14Cl3NO. The molecule has 98 valence electrons. The predicted octanol–water partition coefficient (Wildman–Crippen LogP) is 3.85. The summed E-state index contributed by atoms with van der Waals surface area (Å²) in [6, 6.07) is 6.34. The summed E-state index contributed by atoms with van der Waals surface area (Å²) in [6.45, 7) is 0. The van der Waals surface area contributed by atoms with Crippen molar-refractivity contribution in [3.8, 4) is 5.75 Å². The normalized spacial score (nSPS) is 28.9. The van der Waals surface area contributed by atoms with Gasteiger partial charge in [-0.25, -0.2) is 0 Å².